The van der Waals surface area contributed by atoms with Gasteiger partial charge in [0.25, 0.3) is 0 Å². The average molecular weight is 210 g/mol. The molecule has 1 aliphatic rings. The third-order valence-electron chi connectivity index (χ3n) is 3.24. The summed E-state index contributed by atoms with van der Waals surface area (Å²) in [6.45, 7) is 3.42. The molecule has 1 unspecified atom stereocenters. The summed E-state index contributed by atoms with van der Waals surface area (Å²) < 4.78 is 0. The first-order chi connectivity index (χ1) is 6.74. The zero-order valence-electron chi connectivity index (χ0n) is 8.52. The highest BCUT2D eigenvalue weighted by molar-refractivity contribution is 6.30. The van der Waals surface area contributed by atoms with E-state index in [1.165, 1.54) is 24.9 Å². The zero-order chi connectivity index (χ0) is 10.0. The molecule has 1 heterocycles. The molecule has 0 spiro atoms. The summed E-state index contributed by atoms with van der Waals surface area (Å²) in [4.78, 5) is 0. The van der Waals surface area contributed by atoms with E-state index in [1.54, 1.807) is 0 Å². The Morgan fingerprint density at radius 1 is 1.36 bits per heavy atom. The molecule has 14 heavy (non-hydrogen) atoms. The molecule has 0 amide bonds. The van der Waals surface area contributed by atoms with Crippen LogP contribution in [-0.2, 0) is 6.42 Å². The first-order valence-corrected chi connectivity index (χ1v) is 5.61. The quantitative estimate of drug-likeness (QED) is 0.807. The number of rotatable bonds is 3. The van der Waals surface area contributed by atoms with Crippen molar-refractivity contribution >= 4 is 11.6 Å². The van der Waals surface area contributed by atoms with Crippen molar-refractivity contribution in [1.82, 2.24) is 5.32 Å². The second kappa shape index (κ2) is 3.92. The molecular formula is C12H16ClN. The maximum absolute atomic E-state index is 5.85. The van der Waals surface area contributed by atoms with Crippen molar-refractivity contribution in [1.29, 1.82) is 0 Å². The van der Waals surface area contributed by atoms with Gasteiger partial charge in [-0.1, -0.05) is 30.7 Å². The van der Waals surface area contributed by atoms with Crippen molar-refractivity contribution in [2.75, 3.05) is 6.54 Å². The molecule has 2 heteroatoms. The van der Waals surface area contributed by atoms with Crippen molar-refractivity contribution in [3.8, 4) is 0 Å². The number of hydrogen-bond acceptors (Lipinski definition) is 1. The van der Waals surface area contributed by atoms with Gasteiger partial charge in [-0.2, -0.15) is 0 Å². The molecule has 2 rings (SSSR count). The number of nitrogens with one attached hydrogen (secondary N) is 1. The first-order valence-electron chi connectivity index (χ1n) is 5.24. The van der Waals surface area contributed by atoms with Crippen LogP contribution in [0.1, 0.15) is 25.3 Å². The van der Waals surface area contributed by atoms with Gasteiger partial charge in [0, 0.05) is 10.6 Å². The molecule has 0 radical (unpaired) electrons. The minimum absolute atomic E-state index is 0.369. The van der Waals surface area contributed by atoms with Gasteiger partial charge in [-0.05, 0) is 43.5 Å². The van der Waals surface area contributed by atoms with Crippen LogP contribution < -0.4 is 5.32 Å². The lowest BCUT2D eigenvalue weighted by Crippen LogP contribution is -2.57. The van der Waals surface area contributed by atoms with Crippen molar-refractivity contribution in [3.63, 3.8) is 0 Å². The Labute approximate surface area is 90.5 Å². The highest BCUT2D eigenvalue weighted by atomic mass is 35.5. The fourth-order valence-corrected chi connectivity index (χ4v) is 2.18. The summed E-state index contributed by atoms with van der Waals surface area (Å²) in [5.74, 6) is 0. The second-order valence-electron chi connectivity index (χ2n) is 4.11. The Hall–Kier alpha value is -0.530. The SMILES string of the molecule is CCC1(Cc2ccc(Cl)cc2)CCN1. The molecule has 1 saturated heterocycles. The Morgan fingerprint density at radius 2 is 2.00 bits per heavy atom. The third-order valence-corrected chi connectivity index (χ3v) is 3.49. The van der Waals surface area contributed by atoms with Crippen LogP contribution in [0.3, 0.4) is 0 Å². The molecule has 1 atom stereocenters. The van der Waals surface area contributed by atoms with Crippen LogP contribution >= 0.6 is 11.6 Å². The van der Waals surface area contributed by atoms with Gasteiger partial charge in [0.2, 0.25) is 0 Å². The van der Waals surface area contributed by atoms with Gasteiger partial charge in [-0.3, -0.25) is 0 Å². The predicted octanol–water partition coefficient (Wildman–Crippen LogP) is 3.02. The zero-order valence-corrected chi connectivity index (χ0v) is 9.27. The van der Waals surface area contributed by atoms with Crippen LogP contribution in [0.15, 0.2) is 24.3 Å². The number of benzene rings is 1. The molecule has 1 N–H and O–H groups in total. The summed E-state index contributed by atoms with van der Waals surface area (Å²) in [7, 11) is 0. The van der Waals surface area contributed by atoms with Crippen LogP contribution in [0, 0.1) is 0 Å². The minimum atomic E-state index is 0.369. The Morgan fingerprint density at radius 3 is 2.43 bits per heavy atom. The van der Waals surface area contributed by atoms with Crippen LogP contribution in [0.25, 0.3) is 0 Å². The largest absolute Gasteiger partial charge is 0.311 e. The normalized spacial score (nSPS) is 25.9. The van der Waals surface area contributed by atoms with Crippen LogP contribution in [0.4, 0.5) is 0 Å². The van der Waals surface area contributed by atoms with E-state index >= 15 is 0 Å². The van der Waals surface area contributed by atoms with Gasteiger partial charge in [0.05, 0.1) is 0 Å². The highest BCUT2D eigenvalue weighted by Crippen LogP contribution is 2.27. The molecule has 0 saturated carbocycles. The first kappa shape index (κ1) is 10.0. The lowest BCUT2D eigenvalue weighted by atomic mass is 9.80. The van der Waals surface area contributed by atoms with Crippen LogP contribution in [0.5, 0.6) is 0 Å². The summed E-state index contributed by atoms with van der Waals surface area (Å²) in [6.07, 6.45) is 3.63. The van der Waals surface area contributed by atoms with E-state index in [-0.39, 0.29) is 0 Å². The molecule has 76 valence electrons. The number of halogens is 1. The molecule has 1 aromatic rings. The van der Waals surface area contributed by atoms with E-state index in [9.17, 15) is 0 Å². The van der Waals surface area contributed by atoms with Gasteiger partial charge in [-0.15, -0.1) is 0 Å². The van der Waals surface area contributed by atoms with Gasteiger partial charge in [0.15, 0.2) is 0 Å². The molecule has 1 aromatic carbocycles. The Balaban J connectivity index is 2.06. The average Bonchev–Trinajstić information content (AvgIpc) is 2.15. The summed E-state index contributed by atoms with van der Waals surface area (Å²) in [5, 5.41) is 4.36. The molecular weight excluding hydrogens is 194 g/mol. The maximum atomic E-state index is 5.85. The molecule has 0 aromatic heterocycles. The fourth-order valence-electron chi connectivity index (χ4n) is 2.05. The Bertz CT molecular complexity index is 295. The monoisotopic (exact) mass is 209 g/mol. The summed E-state index contributed by atoms with van der Waals surface area (Å²) >= 11 is 5.85. The maximum Gasteiger partial charge on any atom is 0.0406 e. The highest BCUT2D eigenvalue weighted by Gasteiger charge is 2.34. The van der Waals surface area contributed by atoms with Crippen LogP contribution in [0.2, 0.25) is 5.02 Å². The summed E-state index contributed by atoms with van der Waals surface area (Å²) in [6, 6.07) is 8.19. The van der Waals surface area contributed by atoms with Crippen LogP contribution in [-0.4, -0.2) is 12.1 Å². The van der Waals surface area contributed by atoms with E-state index in [0.717, 1.165) is 11.4 Å². The van der Waals surface area contributed by atoms with Crippen molar-refractivity contribution in [2.45, 2.75) is 31.7 Å². The predicted molar refractivity (Wildman–Crippen MR) is 60.8 cm³/mol. The van der Waals surface area contributed by atoms with Gasteiger partial charge < -0.3 is 5.32 Å². The third kappa shape index (κ3) is 1.94. The lowest BCUT2D eigenvalue weighted by molar-refractivity contribution is 0.198. The molecule has 0 bridgehead atoms. The smallest absolute Gasteiger partial charge is 0.0406 e. The van der Waals surface area contributed by atoms with Gasteiger partial charge in [0.1, 0.15) is 0 Å². The standard InChI is InChI=1S/C12H16ClN/c1-2-12(7-8-14-12)9-10-3-5-11(13)6-4-10/h3-6,14H,2,7-9H2,1H3. The van der Waals surface area contributed by atoms with E-state index < -0.39 is 0 Å². The van der Waals surface area contributed by atoms with E-state index in [0.29, 0.717) is 5.54 Å². The topological polar surface area (TPSA) is 12.0 Å². The van der Waals surface area contributed by atoms with Gasteiger partial charge in [-0.25, -0.2) is 0 Å². The molecule has 1 fully saturated rings. The molecule has 1 nitrogen and oxygen atoms in total. The minimum Gasteiger partial charge on any atom is -0.311 e. The van der Waals surface area contributed by atoms with E-state index in [2.05, 4.69) is 24.4 Å². The number of hydrogen-bond donors (Lipinski definition) is 1. The van der Waals surface area contributed by atoms with Crippen molar-refractivity contribution in [2.24, 2.45) is 0 Å². The van der Waals surface area contributed by atoms with Crippen molar-refractivity contribution in [3.05, 3.63) is 34.9 Å². The van der Waals surface area contributed by atoms with E-state index in [1.807, 2.05) is 12.1 Å². The Kier molecular flexibility index (Phi) is 2.80. The molecule has 0 aliphatic carbocycles. The fraction of sp³-hybridized carbons (Fsp3) is 0.500. The second-order valence-corrected chi connectivity index (χ2v) is 4.55. The van der Waals surface area contributed by atoms with E-state index in [4.69, 9.17) is 11.6 Å². The summed E-state index contributed by atoms with van der Waals surface area (Å²) in [5.41, 5.74) is 1.75. The molecule has 1 aliphatic heterocycles. The van der Waals surface area contributed by atoms with Gasteiger partial charge >= 0.3 is 0 Å². The lowest BCUT2D eigenvalue weighted by Gasteiger charge is -2.43. The van der Waals surface area contributed by atoms with Crippen molar-refractivity contribution < 1.29 is 0 Å².